The van der Waals surface area contributed by atoms with Crippen molar-refractivity contribution in [1.82, 2.24) is 4.90 Å². The molecule has 4 heteroatoms. The summed E-state index contributed by atoms with van der Waals surface area (Å²) in [6, 6.07) is 7.45. The van der Waals surface area contributed by atoms with Crippen molar-refractivity contribution in [3.63, 3.8) is 0 Å². The van der Waals surface area contributed by atoms with Crippen molar-refractivity contribution in [2.75, 3.05) is 19.6 Å². The Bertz CT molecular complexity index is 471. The van der Waals surface area contributed by atoms with Gasteiger partial charge in [-0.05, 0) is 51.8 Å². The summed E-state index contributed by atoms with van der Waals surface area (Å²) in [5, 5.41) is 11.0. The highest BCUT2D eigenvalue weighted by Gasteiger charge is 2.37. The van der Waals surface area contributed by atoms with Gasteiger partial charge in [-0.1, -0.05) is 23.7 Å². The minimum atomic E-state index is -0.474. The van der Waals surface area contributed by atoms with E-state index in [-0.39, 0.29) is 11.2 Å². The van der Waals surface area contributed by atoms with E-state index < -0.39 is 6.10 Å². The molecule has 2 rings (SSSR count). The largest absolute Gasteiger partial charge is 0.388 e. The molecular formula is C17H26ClNO2. The van der Waals surface area contributed by atoms with Gasteiger partial charge in [-0.3, -0.25) is 4.90 Å². The average Bonchev–Trinajstić information content (AvgIpc) is 2.32. The minimum Gasteiger partial charge on any atom is -0.388 e. The van der Waals surface area contributed by atoms with Gasteiger partial charge in [-0.25, -0.2) is 0 Å². The molecule has 1 aromatic carbocycles. The van der Waals surface area contributed by atoms with Crippen molar-refractivity contribution in [3.05, 3.63) is 34.9 Å². The molecule has 1 unspecified atom stereocenters. The van der Waals surface area contributed by atoms with E-state index in [1.165, 1.54) is 0 Å². The highest BCUT2D eigenvalue weighted by molar-refractivity contribution is 6.30. The lowest BCUT2D eigenvalue weighted by atomic mass is 9.98. The number of hydrogen-bond donors (Lipinski definition) is 1. The van der Waals surface area contributed by atoms with Crippen LogP contribution in [0.1, 0.15) is 45.8 Å². The van der Waals surface area contributed by atoms with Crippen LogP contribution in [0.5, 0.6) is 0 Å². The number of morpholine rings is 1. The number of aliphatic hydroxyl groups excluding tert-OH is 1. The van der Waals surface area contributed by atoms with E-state index in [4.69, 9.17) is 16.3 Å². The van der Waals surface area contributed by atoms with E-state index in [1.807, 2.05) is 24.3 Å². The Kier molecular flexibility index (Phi) is 4.99. The number of hydrogen-bond acceptors (Lipinski definition) is 3. The van der Waals surface area contributed by atoms with Gasteiger partial charge in [0.15, 0.2) is 0 Å². The third-order valence-corrected chi connectivity index (χ3v) is 3.95. The molecule has 1 aliphatic rings. The molecular weight excluding hydrogens is 286 g/mol. The van der Waals surface area contributed by atoms with Crippen LogP contribution in [0, 0.1) is 0 Å². The van der Waals surface area contributed by atoms with Crippen LogP contribution in [0.15, 0.2) is 24.3 Å². The fourth-order valence-corrected chi connectivity index (χ4v) is 3.49. The molecule has 0 spiro atoms. The van der Waals surface area contributed by atoms with E-state index in [0.717, 1.165) is 25.2 Å². The van der Waals surface area contributed by atoms with Crippen molar-refractivity contribution in [1.29, 1.82) is 0 Å². The van der Waals surface area contributed by atoms with Crippen molar-refractivity contribution >= 4 is 11.6 Å². The van der Waals surface area contributed by atoms with Crippen LogP contribution in [0.3, 0.4) is 0 Å². The molecule has 0 radical (unpaired) electrons. The predicted octanol–water partition coefficient (Wildman–Crippen LogP) is 3.65. The van der Waals surface area contributed by atoms with Gasteiger partial charge in [0.1, 0.15) is 0 Å². The Hall–Kier alpha value is -0.610. The molecule has 118 valence electrons. The zero-order chi connectivity index (χ0) is 15.7. The molecule has 0 aliphatic carbocycles. The third kappa shape index (κ3) is 4.96. The van der Waals surface area contributed by atoms with Crippen LogP contribution in [0.2, 0.25) is 5.02 Å². The summed E-state index contributed by atoms with van der Waals surface area (Å²) in [4.78, 5) is 2.37. The lowest BCUT2D eigenvalue weighted by Gasteiger charge is -2.47. The molecule has 21 heavy (non-hydrogen) atoms. The zero-order valence-corrected chi connectivity index (χ0v) is 14.2. The van der Waals surface area contributed by atoms with E-state index in [2.05, 4.69) is 32.6 Å². The van der Waals surface area contributed by atoms with Crippen LogP contribution in [-0.4, -0.2) is 40.8 Å². The zero-order valence-electron chi connectivity index (χ0n) is 13.4. The highest BCUT2D eigenvalue weighted by Crippen LogP contribution is 2.29. The standard InChI is InChI=1S/C17H26ClNO2/c1-16(2)11-19(12-17(3,4)21-16)9-8-15(20)13-6-5-7-14(18)10-13/h5-7,10,15,20H,8-9,11-12H2,1-4H3. The Labute approximate surface area is 132 Å². The number of rotatable bonds is 4. The maximum Gasteiger partial charge on any atom is 0.0802 e. The van der Waals surface area contributed by atoms with Crippen LogP contribution < -0.4 is 0 Å². The van der Waals surface area contributed by atoms with Gasteiger partial charge in [-0.15, -0.1) is 0 Å². The summed E-state index contributed by atoms with van der Waals surface area (Å²) in [5.41, 5.74) is 0.584. The van der Waals surface area contributed by atoms with Crippen molar-refractivity contribution < 1.29 is 9.84 Å². The molecule has 1 atom stereocenters. The molecule has 0 amide bonds. The quantitative estimate of drug-likeness (QED) is 0.921. The first-order valence-electron chi connectivity index (χ1n) is 7.53. The van der Waals surface area contributed by atoms with Crippen LogP contribution in [0.4, 0.5) is 0 Å². The van der Waals surface area contributed by atoms with Gasteiger partial charge < -0.3 is 9.84 Å². The Morgan fingerprint density at radius 2 is 1.86 bits per heavy atom. The summed E-state index contributed by atoms with van der Waals surface area (Å²) in [7, 11) is 0. The molecule has 0 aromatic heterocycles. The second-order valence-corrected chi connectivity index (χ2v) is 7.63. The molecule has 1 fully saturated rings. The van der Waals surface area contributed by atoms with Crippen molar-refractivity contribution in [2.24, 2.45) is 0 Å². The minimum absolute atomic E-state index is 0.150. The molecule has 1 aromatic rings. The fourth-order valence-electron chi connectivity index (χ4n) is 3.29. The summed E-state index contributed by atoms with van der Waals surface area (Å²) in [6.45, 7) is 11.1. The van der Waals surface area contributed by atoms with E-state index in [1.54, 1.807) is 0 Å². The molecule has 0 bridgehead atoms. The monoisotopic (exact) mass is 311 g/mol. The van der Waals surface area contributed by atoms with Gasteiger partial charge in [0.25, 0.3) is 0 Å². The van der Waals surface area contributed by atoms with Gasteiger partial charge in [0, 0.05) is 24.7 Å². The first-order chi connectivity index (χ1) is 9.67. The lowest BCUT2D eigenvalue weighted by Crippen LogP contribution is -2.57. The topological polar surface area (TPSA) is 32.7 Å². The average molecular weight is 312 g/mol. The van der Waals surface area contributed by atoms with Crippen molar-refractivity contribution in [2.45, 2.75) is 51.4 Å². The molecule has 1 N–H and O–H groups in total. The Balaban J connectivity index is 1.93. The van der Waals surface area contributed by atoms with E-state index in [9.17, 15) is 5.11 Å². The van der Waals surface area contributed by atoms with Crippen LogP contribution in [0.25, 0.3) is 0 Å². The Morgan fingerprint density at radius 3 is 2.43 bits per heavy atom. The second-order valence-electron chi connectivity index (χ2n) is 7.19. The predicted molar refractivity (Wildman–Crippen MR) is 86.7 cm³/mol. The lowest BCUT2D eigenvalue weighted by molar-refractivity contribution is -0.181. The van der Waals surface area contributed by atoms with E-state index >= 15 is 0 Å². The summed E-state index contributed by atoms with van der Waals surface area (Å²) < 4.78 is 6.08. The number of ether oxygens (including phenoxy) is 1. The Morgan fingerprint density at radius 1 is 1.24 bits per heavy atom. The first-order valence-corrected chi connectivity index (χ1v) is 7.91. The van der Waals surface area contributed by atoms with E-state index in [0.29, 0.717) is 11.4 Å². The first kappa shape index (κ1) is 16.8. The molecule has 0 saturated carbocycles. The van der Waals surface area contributed by atoms with Gasteiger partial charge in [0.2, 0.25) is 0 Å². The number of aliphatic hydroxyl groups is 1. The highest BCUT2D eigenvalue weighted by atomic mass is 35.5. The number of halogens is 1. The summed E-state index contributed by atoms with van der Waals surface area (Å²) in [5.74, 6) is 0. The second kappa shape index (κ2) is 6.25. The molecule has 1 saturated heterocycles. The summed E-state index contributed by atoms with van der Waals surface area (Å²) >= 11 is 5.97. The van der Waals surface area contributed by atoms with Crippen molar-refractivity contribution in [3.8, 4) is 0 Å². The maximum atomic E-state index is 10.3. The van der Waals surface area contributed by atoms with Gasteiger partial charge >= 0.3 is 0 Å². The molecule has 1 heterocycles. The van der Waals surface area contributed by atoms with Crippen LogP contribution >= 0.6 is 11.6 Å². The number of benzene rings is 1. The van der Waals surface area contributed by atoms with Crippen LogP contribution in [-0.2, 0) is 4.74 Å². The smallest absolute Gasteiger partial charge is 0.0802 e. The maximum absolute atomic E-state index is 10.3. The molecule has 1 aliphatic heterocycles. The number of nitrogens with zero attached hydrogens (tertiary/aromatic N) is 1. The molecule has 3 nitrogen and oxygen atoms in total. The SMILES string of the molecule is CC1(C)CN(CCC(O)c2cccc(Cl)c2)CC(C)(C)O1. The third-order valence-electron chi connectivity index (χ3n) is 3.71. The van der Waals surface area contributed by atoms with Gasteiger partial charge in [-0.2, -0.15) is 0 Å². The fraction of sp³-hybridized carbons (Fsp3) is 0.647. The summed E-state index contributed by atoms with van der Waals surface area (Å²) in [6.07, 6.45) is 0.227. The van der Waals surface area contributed by atoms with Gasteiger partial charge in [0.05, 0.1) is 17.3 Å². The normalized spacial score (nSPS) is 23.0.